The Morgan fingerprint density at radius 3 is 2.83 bits per heavy atom. The van der Waals surface area contributed by atoms with E-state index in [9.17, 15) is 9.18 Å². The van der Waals surface area contributed by atoms with Gasteiger partial charge in [0.25, 0.3) is 0 Å². The highest BCUT2D eigenvalue weighted by molar-refractivity contribution is 5.74. The predicted octanol–water partition coefficient (Wildman–Crippen LogP) is 2.70. The van der Waals surface area contributed by atoms with E-state index in [2.05, 4.69) is 11.8 Å². The Hall–Kier alpha value is -1.46. The van der Waals surface area contributed by atoms with Crippen LogP contribution in [-0.2, 0) is 9.53 Å². The van der Waals surface area contributed by atoms with E-state index in [-0.39, 0.29) is 17.8 Å². The smallest absolute Gasteiger partial charge is 0.219 e. The van der Waals surface area contributed by atoms with Crippen LogP contribution in [0.4, 0.5) is 4.39 Å². The molecule has 2 saturated heterocycles. The van der Waals surface area contributed by atoms with Crippen LogP contribution in [0.25, 0.3) is 0 Å². The van der Waals surface area contributed by atoms with Gasteiger partial charge in [0.05, 0.1) is 12.6 Å². The highest BCUT2D eigenvalue weighted by atomic mass is 19.1. The van der Waals surface area contributed by atoms with Gasteiger partial charge in [0, 0.05) is 45.6 Å². The molecule has 0 saturated carbocycles. The van der Waals surface area contributed by atoms with Gasteiger partial charge in [0.15, 0.2) is 0 Å². The van der Waals surface area contributed by atoms with Crippen LogP contribution >= 0.6 is 0 Å². The molecular formula is C19H27FN2O2. The summed E-state index contributed by atoms with van der Waals surface area (Å²) >= 11 is 0. The summed E-state index contributed by atoms with van der Waals surface area (Å²) in [6.45, 7) is 8.94. The Kier molecular flexibility index (Phi) is 5.51. The molecule has 4 nitrogen and oxygen atoms in total. The molecule has 0 bridgehead atoms. The van der Waals surface area contributed by atoms with Crippen LogP contribution in [0.15, 0.2) is 24.3 Å². The molecule has 3 rings (SSSR count). The summed E-state index contributed by atoms with van der Waals surface area (Å²) in [5.74, 6) is 0.689. The first kappa shape index (κ1) is 17.4. The van der Waals surface area contributed by atoms with Gasteiger partial charge in [-0.1, -0.05) is 19.1 Å². The lowest BCUT2D eigenvalue weighted by atomic mass is 9.89. The van der Waals surface area contributed by atoms with Crippen molar-refractivity contribution in [3.63, 3.8) is 0 Å². The number of hydrogen-bond donors (Lipinski definition) is 0. The Morgan fingerprint density at radius 2 is 2.12 bits per heavy atom. The number of nitrogens with zero attached hydrogens (tertiary/aromatic N) is 2. The first-order valence-corrected chi connectivity index (χ1v) is 8.93. The number of carbonyl (C=O) groups is 1. The highest BCUT2D eigenvalue weighted by Crippen LogP contribution is 2.44. The number of halogens is 1. The van der Waals surface area contributed by atoms with E-state index in [0.717, 1.165) is 51.4 Å². The van der Waals surface area contributed by atoms with Gasteiger partial charge in [-0.15, -0.1) is 0 Å². The summed E-state index contributed by atoms with van der Waals surface area (Å²) in [5, 5.41) is 0. The molecule has 5 heteroatoms. The van der Waals surface area contributed by atoms with E-state index in [1.165, 1.54) is 6.07 Å². The summed E-state index contributed by atoms with van der Waals surface area (Å²) < 4.78 is 19.3. The molecule has 1 amide bonds. The molecular weight excluding hydrogens is 307 g/mol. The van der Waals surface area contributed by atoms with Crippen molar-refractivity contribution in [3.05, 3.63) is 35.6 Å². The minimum atomic E-state index is -0.234. The molecule has 0 N–H and O–H groups in total. The number of fused-ring (bicyclic) bond motifs is 1. The van der Waals surface area contributed by atoms with E-state index in [0.29, 0.717) is 11.8 Å². The second-order valence-electron chi connectivity index (χ2n) is 6.97. The predicted molar refractivity (Wildman–Crippen MR) is 91.1 cm³/mol. The lowest BCUT2D eigenvalue weighted by molar-refractivity contribution is -0.130. The third kappa shape index (κ3) is 3.62. The Labute approximate surface area is 143 Å². The zero-order chi connectivity index (χ0) is 17.1. The van der Waals surface area contributed by atoms with E-state index in [4.69, 9.17) is 4.74 Å². The second-order valence-corrected chi connectivity index (χ2v) is 6.97. The molecule has 132 valence electrons. The van der Waals surface area contributed by atoms with Crippen LogP contribution < -0.4 is 0 Å². The molecule has 0 radical (unpaired) electrons. The van der Waals surface area contributed by atoms with Crippen LogP contribution in [0.5, 0.6) is 0 Å². The monoisotopic (exact) mass is 334 g/mol. The van der Waals surface area contributed by atoms with E-state index in [1.54, 1.807) is 19.1 Å². The van der Waals surface area contributed by atoms with Gasteiger partial charge in [-0.25, -0.2) is 4.39 Å². The Bertz CT molecular complexity index is 580. The molecule has 2 heterocycles. The van der Waals surface area contributed by atoms with Crippen LogP contribution in [0, 0.1) is 17.7 Å². The summed E-state index contributed by atoms with van der Waals surface area (Å²) in [6, 6.07) is 6.71. The zero-order valence-electron chi connectivity index (χ0n) is 14.6. The van der Waals surface area contributed by atoms with E-state index in [1.807, 2.05) is 11.0 Å². The van der Waals surface area contributed by atoms with Crippen LogP contribution in [-0.4, -0.2) is 55.1 Å². The fourth-order valence-electron chi connectivity index (χ4n) is 4.20. The Balaban J connectivity index is 1.70. The van der Waals surface area contributed by atoms with Crippen molar-refractivity contribution in [1.29, 1.82) is 0 Å². The molecule has 0 aromatic heterocycles. The molecule has 3 atom stereocenters. The van der Waals surface area contributed by atoms with Gasteiger partial charge in [0.1, 0.15) is 5.82 Å². The summed E-state index contributed by atoms with van der Waals surface area (Å²) in [7, 11) is 0. The first-order valence-electron chi connectivity index (χ1n) is 8.93. The molecule has 2 aliphatic rings. The molecule has 24 heavy (non-hydrogen) atoms. The van der Waals surface area contributed by atoms with E-state index >= 15 is 0 Å². The Morgan fingerprint density at radius 1 is 1.29 bits per heavy atom. The van der Waals surface area contributed by atoms with Crippen molar-refractivity contribution < 1.29 is 13.9 Å². The number of hydrogen-bond acceptors (Lipinski definition) is 3. The quantitative estimate of drug-likeness (QED) is 0.750. The van der Waals surface area contributed by atoms with Gasteiger partial charge in [-0.3, -0.25) is 4.79 Å². The normalized spacial score (nSPS) is 26.8. The highest BCUT2D eigenvalue weighted by Gasteiger charge is 2.48. The summed E-state index contributed by atoms with van der Waals surface area (Å²) in [4.78, 5) is 16.4. The lowest BCUT2D eigenvalue weighted by Crippen LogP contribution is -2.35. The van der Waals surface area contributed by atoms with Gasteiger partial charge in [0.2, 0.25) is 5.91 Å². The number of likely N-dealkylation sites (tertiary alicyclic amines) is 2. The standard InChI is InChI=1S/C19H27FN2O2/c1-3-8-24-9-7-21-11-16-12-22(14(2)23)19(18(16)13-21)15-5-4-6-17(20)10-15/h4-6,10,16,18-19H,3,7-9,11-13H2,1-2H3/t16-,18-,19+/m1/s1. The number of ether oxygens (including phenoxy) is 1. The van der Waals surface area contributed by atoms with Crippen molar-refractivity contribution in [3.8, 4) is 0 Å². The van der Waals surface area contributed by atoms with E-state index < -0.39 is 0 Å². The van der Waals surface area contributed by atoms with Crippen molar-refractivity contribution in [2.24, 2.45) is 11.8 Å². The SMILES string of the molecule is CCCOCCN1C[C@@H]2CN(C(C)=O)[C@@H](c3cccc(F)c3)[C@@H]2C1. The summed E-state index contributed by atoms with van der Waals surface area (Å²) in [5.41, 5.74) is 0.918. The van der Waals surface area contributed by atoms with Crippen molar-refractivity contribution in [2.45, 2.75) is 26.3 Å². The minimum absolute atomic E-state index is 0.00948. The van der Waals surface area contributed by atoms with Crippen molar-refractivity contribution in [2.75, 3.05) is 39.4 Å². The molecule has 0 aliphatic carbocycles. The fourth-order valence-corrected chi connectivity index (χ4v) is 4.20. The van der Waals surface area contributed by atoms with Crippen molar-refractivity contribution >= 4 is 5.91 Å². The topological polar surface area (TPSA) is 32.8 Å². The molecule has 0 unspecified atom stereocenters. The maximum absolute atomic E-state index is 13.7. The fraction of sp³-hybridized carbons (Fsp3) is 0.632. The average Bonchev–Trinajstić information content (AvgIpc) is 3.08. The maximum Gasteiger partial charge on any atom is 0.219 e. The number of carbonyl (C=O) groups excluding carboxylic acids is 1. The molecule has 1 aromatic rings. The third-order valence-electron chi connectivity index (χ3n) is 5.23. The number of benzene rings is 1. The molecule has 0 spiro atoms. The van der Waals surface area contributed by atoms with Gasteiger partial charge >= 0.3 is 0 Å². The van der Waals surface area contributed by atoms with Gasteiger partial charge < -0.3 is 14.5 Å². The van der Waals surface area contributed by atoms with Crippen LogP contribution in [0.1, 0.15) is 31.9 Å². The summed E-state index contributed by atoms with van der Waals surface area (Å²) in [6.07, 6.45) is 1.04. The van der Waals surface area contributed by atoms with Crippen molar-refractivity contribution in [1.82, 2.24) is 9.80 Å². The lowest BCUT2D eigenvalue weighted by Gasteiger charge is -2.29. The van der Waals surface area contributed by atoms with Gasteiger partial charge in [-0.2, -0.15) is 0 Å². The average molecular weight is 334 g/mol. The molecule has 2 fully saturated rings. The minimum Gasteiger partial charge on any atom is -0.380 e. The van der Waals surface area contributed by atoms with Gasteiger partial charge in [-0.05, 0) is 30.0 Å². The molecule has 2 aliphatic heterocycles. The molecule has 1 aromatic carbocycles. The maximum atomic E-state index is 13.7. The first-order chi connectivity index (χ1) is 11.6. The third-order valence-corrected chi connectivity index (χ3v) is 5.23. The number of rotatable bonds is 6. The second kappa shape index (κ2) is 7.62. The van der Waals surface area contributed by atoms with Crippen LogP contribution in [0.2, 0.25) is 0 Å². The zero-order valence-corrected chi connectivity index (χ0v) is 14.6. The van der Waals surface area contributed by atoms with Crippen LogP contribution in [0.3, 0.4) is 0 Å². The largest absolute Gasteiger partial charge is 0.380 e. The number of amides is 1.